The zero-order valence-electron chi connectivity index (χ0n) is 15.0. The van der Waals surface area contributed by atoms with E-state index in [1.54, 1.807) is 29.6 Å². The lowest BCUT2D eigenvalue weighted by molar-refractivity contribution is -0.117. The highest BCUT2D eigenvalue weighted by Crippen LogP contribution is 2.29. The van der Waals surface area contributed by atoms with E-state index in [4.69, 9.17) is 4.42 Å². The molecule has 2 aromatic heterocycles. The number of hydrogen-bond acceptors (Lipinski definition) is 6. The number of amides is 2. The Labute approximate surface area is 165 Å². The Kier molecular flexibility index (Phi) is 5.99. The number of furan rings is 1. The normalized spacial score (nSPS) is 10.9. The minimum Gasteiger partial charge on any atom is -0.467 e. The molecule has 0 spiro atoms. The van der Waals surface area contributed by atoms with Crippen LogP contribution >= 0.6 is 11.3 Å². The second kappa shape index (κ2) is 8.79. The second-order valence-corrected chi connectivity index (χ2v) is 6.51. The van der Waals surface area contributed by atoms with Gasteiger partial charge >= 0.3 is 0 Å². The highest BCUT2D eigenvalue weighted by Gasteiger charge is 2.18. The van der Waals surface area contributed by atoms with Gasteiger partial charge in [0.15, 0.2) is 5.13 Å². The highest BCUT2D eigenvalue weighted by molar-refractivity contribution is 7.14. The zero-order chi connectivity index (χ0) is 19.9. The van der Waals surface area contributed by atoms with Crippen LogP contribution in [0.3, 0.4) is 0 Å². The minimum atomic E-state index is -0.528. The van der Waals surface area contributed by atoms with Crippen LogP contribution in [-0.4, -0.2) is 16.8 Å². The van der Waals surface area contributed by atoms with Crippen molar-refractivity contribution in [2.24, 2.45) is 0 Å². The molecule has 3 rings (SSSR count). The zero-order valence-corrected chi connectivity index (χ0v) is 15.8. The quantitative estimate of drug-likeness (QED) is 0.510. The van der Waals surface area contributed by atoms with E-state index >= 15 is 0 Å². The molecule has 0 bridgehead atoms. The molecule has 7 nitrogen and oxygen atoms in total. The van der Waals surface area contributed by atoms with Gasteiger partial charge in [-0.15, -0.1) is 11.3 Å². The number of aromatic nitrogens is 1. The number of thiazole rings is 1. The van der Waals surface area contributed by atoms with E-state index < -0.39 is 5.91 Å². The van der Waals surface area contributed by atoms with Crippen molar-refractivity contribution in [3.63, 3.8) is 0 Å². The molecule has 0 unspecified atom stereocenters. The molecular weight excluding hydrogens is 376 g/mol. The summed E-state index contributed by atoms with van der Waals surface area (Å²) in [5, 5.41) is 14.1. The van der Waals surface area contributed by atoms with Crippen LogP contribution in [0.4, 0.5) is 10.8 Å². The summed E-state index contributed by atoms with van der Waals surface area (Å²) in [7, 11) is 0. The molecule has 140 valence electrons. The van der Waals surface area contributed by atoms with E-state index in [2.05, 4.69) is 10.3 Å². The smallest absolute Gasteiger partial charge is 0.262 e. The van der Waals surface area contributed by atoms with Crippen molar-refractivity contribution in [1.82, 2.24) is 10.3 Å². The summed E-state index contributed by atoms with van der Waals surface area (Å²) in [6, 6.07) is 14.4. The number of nitrogens with zero attached hydrogens (tertiary/aromatic N) is 3. The first-order valence-electron chi connectivity index (χ1n) is 8.32. The van der Waals surface area contributed by atoms with Gasteiger partial charge in [-0.05, 0) is 30.3 Å². The molecule has 1 N–H and O–H groups in total. The Hall–Kier alpha value is -3.70. The van der Waals surface area contributed by atoms with Crippen LogP contribution in [0.2, 0.25) is 0 Å². The first-order valence-corrected chi connectivity index (χ1v) is 9.20. The Morgan fingerprint density at radius 2 is 2.07 bits per heavy atom. The number of rotatable bonds is 6. The number of carbonyl (C=O) groups excluding carboxylic acids is 2. The fraction of sp³-hybridized carbons (Fsp3) is 0.100. The Balaban J connectivity index is 1.78. The van der Waals surface area contributed by atoms with Gasteiger partial charge in [-0.2, -0.15) is 5.26 Å². The molecule has 0 saturated carbocycles. The van der Waals surface area contributed by atoms with Crippen molar-refractivity contribution in [3.8, 4) is 6.07 Å². The fourth-order valence-electron chi connectivity index (χ4n) is 2.42. The molecule has 28 heavy (non-hydrogen) atoms. The molecular formula is C20H16N4O3S. The van der Waals surface area contributed by atoms with E-state index in [9.17, 15) is 14.9 Å². The van der Waals surface area contributed by atoms with Crippen molar-refractivity contribution in [3.05, 3.63) is 71.1 Å². The number of carbonyl (C=O) groups is 2. The number of para-hydroxylation sites is 1. The maximum absolute atomic E-state index is 12.2. The van der Waals surface area contributed by atoms with Crippen molar-refractivity contribution >= 4 is 40.0 Å². The maximum atomic E-state index is 12.2. The fourth-order valence-corrected chi connectivity index (χ4v) is 3.27. The number of benzene rings is 1. The molecule has 0 radical (unpaired) electrons. The van der Waals surface area contributed by atoms with Gasteiger partial charge in [0.1, 0.15) is 17.4 Å². The summed E-state index contributed by atoms with van der Waals surface area (Å²) in [4.78, 5) is 30.2. The van der Waals surface area contributed by atoms with Crippen LogP contribution in [0.15, 0.2) is 64.1 Å². The van der Waals surface area contributed by atoms with E-state index in [0.29, 0.717) is 22.3 Å². The van der Waals surface area contributed by atoms with E-state index in [1.165, 1.54) is 35.5 Å². The average Bonchev–Trinajstić information content (AvgIpc) is 3.37. The minimum absolute atomic E-state index is 0.0857. The molecule has 0 aliphatic carbocycles. The van der Waals surface area contributed by atoms with Gasteiger partial charge in [-0.3, -0.25) is 14.5 Å². The predicted octanol–water partition coefficient (Wildman–Crippen LogP) is 3.64. The van der Waals surface area contributed by atoms with Crippen LogP contribution in [0.5, 0.6) is 0 Å². The summed E-state index contributed by atoms with van der Waals surface area (Å²) in [5.74, 6) is -0.130. The lowest BCUT2D eigenvalue weighted by atomic mass is 10.2. The van der Waals surface area contributed by atoms with E-state index in [1.807, 2.05) is 24.3 Å². The van der Waals surface area contributed by atoms with Gasteiger partial charge in [0, 0.05) is 12.3 Å². The topological polar surface area (TPSA) is 99.2 Å². The third-order valence-electron chi connectivity index (χ3n) is 3.69. The van der Waals surface area contributed by atoms with Crippen molar-refractivity contribution in [1.29, 1.82) is 5.26 Å². The summed E-state index contributed by atoms with van der Waals surface area (Å²) in [6.07, 6.45) is 2.90. The van der Waals surface area contributed by atoms with Gasteiger partial charge in [-0.1, -0.05) is 18.2 Å². The summed E-state index contributed by atoms with van der Waals surface area (Å²) in [6.45, 7) is 1.63. The van der Waals surface area contributed by atoms with Crippen LogP contribution in [0.1, 0.15) is 18.4 Å². The molecule has 8 heteroatoms. The van der Waals surface area contributed by atoms with Crippen LogP contribution in [0, 0.1) is 11.3 Å². The lowest BCUT2D eigenvalue weighted by Crippen LogP contribution is -2.23. The number of nitriles is 1. The van der Waals surface area contributed by atoms with Gasteiger partial charge in [0.2, 0.25) is 5.91 Å². The number of nitrogens with one attached hydrogen (secondary N) is 1. The molecule has 2 amide bonds. The molecule has 3 aromatic rings. The van der Waals surface area contributed by atoms with E-state index in [-0.39, 0.29) is 18.0 Å². The molecule has 1 aromatic carbocycles. The van der Waals surface area contributed by atoms with Crippen LogP contribution < -0.4 is 10.2 Å². The summed E-state index contributed by atoms with van der Waals surface area (Å²) >= 11 is 1.25. The largest absolute Gasteiger partial charge is 0.467 e. The molecule has 0 fully saturated rings. The van der Waals surface area contributed by atoms with Gasteiger partial charge in [0.25, 0.3) is 5.91 Å². The highest BCUT2D eigenvalue weighted by atomic mass is 32.1. The first-order chi connectivity index (χ1) is 13.6. The Bertz CT molecular complexity index is 1030. The van der Waals surface area contributed by atoms with Crippen molar-refractivity contribution in [2.75, 3.05) is 4.90 Å². The number of anilines is 2. The molecule has 0 saturated heterocycles. The van der Waals surface area contributed by atoms with Crippen LogP contribution in [0.25, 0.3) is 6.08 Å². The van der Waals surface area contributed by atoms with Gasteiger partial charge < -0.3 is 9.73 Å². The molecule has 0 aliphatic heterocycles. The Morgan fingerprint density at radius 1 is 1.29 bits per heavy atom. The molecule has 0 aliphatic rings. The monoisotopic (exact) mass is 392 g/mol. The second-order valence-electron chi connectivity index (χ2n) is 5.68. The van der Waals surface area contributed by atoms with Gasteiger partial charge in [-0.25, -0.2) is 4.98 Å². The van der Waals surface area contributed by atoms with Gasteiger partial charge in [0.05, 0.1) is 24.2 Å². The standard InChI is InChI=1S/C20H16N4O3S/c1-14(25)24(17-6-3-2-4-7-17)20-23-16(13-28-20)10-15(11-21)19(26)22-12-18-8-5-9-27-18/h2-10,13H,12H2,1H3,(H,22,26)/b15-10+. The third kappa shape index (κ3) is 4.52. The van der Waals surface area contributed by atoms with Crippen LogP contribution in [-0.2, 0) is 16.1 Å². The average molecular weight is 392 g/mol. The van der Waals surface area contributed by atoms with Crippen molar-refractivity contribution < 1.29 is 14.0 Å². The summed E-state index contributed by atoms with van der Waals surface area (Å²) in [5.41, 5.74) is 1.03. The van der Waals surface area contributed by atoms with E-state index in [0.717, 1.165) is 0 Å². The molecule has 2 heterocycles. The lowest BCUT2D eigenvalue weighted by Gasteiger charge is -2.17. The third-order valence-corrected chi connectivity index (χ3v) is 4.53. The SMILES string of the molecule is CC(=O)N(c1ccccc1)c1nc(/C=C(\C#N)C(=O)NCc2ccco2)cs1. The predicted molar refractivity (Wildman–Crippen MR) is 106 cm³/mol. The Morgan fingerprint density at radius 3 is 2.71 bits per heavy atom. The maximum Gasteiger partial charge on any atom is 0.262 e. The number of hydrogen-bond donors (Lipinski definition) is 1. The van der Waals surface area contributed by atoms with Crippen molar-refractivity contribution in [2.45, 2.75) is 13.5 Å². The molecule has 0 atom stereocenters. The first kappa shape index (κ1) is 19.1. The summed E-state index contributed by atoms with van der Waals surface area (Å²) < 4.78 is 5.14.